The molecule has 0 aliphatic heterocycles. The molecule has 0 N–H and O–H groups in total. The SMILES string of the molecule is [Pt+2].[c-]1ccccc1-c1cccc(Oc2cccc(-c3nc4ccccc4[n-]3)n2)n1. The zero-order chi connectivity index (χ0) is 18.8. The molecular weight excluding hydrogens is 543 g/mol. The number of ether oxygens (including phenoxy) is 1. The average Bonchev–Trinajstić information content (AvgIpc) is 3.19. The molecule has 142 valence electrons. The van der Waals surface area contributed by atoms with E-state index >= 15 is 0 Å². The molecule has 3 heterocycles. The second-order valence-corrected chi connectivity index (χ2v) is 6.14. The van der Waals surface area contributed by atoms with Crippen LogP contribution in [0.1, 0.15) is 0 Å². The van der Waals surface area contributed by atoms with Gasteiger partial charge in [0.15, 0.2) is 0 Å². The van der Waals surface area contributed by atoms with E-state index in [0.29, 0.717) is 23.3 Å². The Bertz CT molecular complexity index is 1220. The molecule has 2 aromatic carbocycles. The first kappa shape index (κ1) is 19.0. The normalized spacial score (nSPS) is 10.5. The number of nitrogens with zero attached hydrogens (tertiary/aromatic N) is 4. The van der Waals surface area contributed by atoms with Gasteiger partial charge in [-0.05, 0) is 34.7 Å². The average molecular weight is 557 g/mol. The molecule has 5 aromatic rings. The van der Waals surface area contributed by atoms with E-state index in [0.717, 1.165) is 22.3 Å². The first-order chi connectivity index (χ1) is 13.8. The Labute approximate surface area is 182 Å². The monoisotopic (exact) mass is 557 g/mol. The third-order valence-electron chi connectivity index (χ3n) is 4.20. The molecule has 5 rings (SSSR count). The number of pyridine rings is 2. The van der Waals surface area contributed by atoms with Crippen molar-refractivity contribution in [2.24, 2.45) is 0 Å². The Morgan fingerprint density at radius 2 is 1.41 bits per heavy atom. The number of rotatable bonds is 4. The Morgan fingerprint density at radius 3 is 2.17 bits per heavy atom. The van der Waals surface area contributed by atoms with Crippen LogP contribution in [-0.2, 0) is 21.1 Å². The number of imidazole rings is 1. The fraction of sp³-hybridized carbons (Fsp3) is 0. The summed E-state index contributed by atoms with van der Waals surface area (Å²) in [4.78, 5) is 18.2. The van der Waals surface area contributed by atoms with Gasteiger partial charge in [-0.3, -0.25) is 4.98 Å². The summed E-state index contributed by atoms with van der Waals surface area (Å²) >= 11 is 0. The summed E-state index contributed by atoms with van der Waals surface area (Å²) in [7, 11) is 0. The van der Waals surface area contributed by atoms with Crippen molar-refractivity contribution in [2.75, 3.05) is 0 Å². The quantitative estimate of drug-likeness (QED) is 0.294. The van der Waals surface area contributed by atoms with Crippen molar-refractivity contribution in [3.8, 4) is 34.5 Å². The van der Waals surface area contributed by atoms with Crippen LogP contribution in [0.15, 0.2) is 84.9 Å². The van der Waals surface area contributed by atoms with E-state index in [2.05, 4.69) is 26.0 Å². The van der Waals surface area contributed by atoms with Gasteiger partial charge < -0.3 is 14.7 Å². The van der Waals surface area contributed by atoms with E-state index in [-0.39, 0.29) is 21.1 Å². The number of aromatic nitrogens is 4. The summed E-state index contributed by atoms with van der Waals surface area (Å²) < 4.78 is 5.89. The minimum Gasteiger partial charge on any atom is -0.434 e. The third kappa shape index (κ3) is 4.10. The molecule has 29 heavy (non-hydrogen) atoms. The van der Waals surface area contributed by atoms with Crippen molar-refractivity contribution >= 4 is 11.0 Å². The van der Waals surface area contributed by atoms with Gasteiger partial charge in [0, 0.05) is 6.07 Å². The fourth-order valence-electron chi connectivity index (χ4n) is 2.90. The number of para-hydroxylation sites is 2. The molecule has 0 saturated heterocycles. The van der Waals surface area contributed by atoms with Crippen molar-refractivity contribution in [1.82, 2.24) is 19.9 Å². The van der Waals surface area contributed by atoms with Crippen molar-refractivity contribution in [3.05, 3.63) is 91.0 Å². The van der Waals surface area contributed by atoms with Gasteiger partial charge in [0.05, 0.1) is 5.69 Å². The predicted octanol–water partition coefficient (Wildman–Crippen LogP) is 4.91. The molecule has 0 aliphatic carbocycles. The Hall–Kier alpha value is -3.30. The molecule has 0 bridgehead atoms. The van der Waals surface area contributed by atoms with Gasteiger partial charge in [0.1, 0.15) is 0 Å². The van der Waals surface area contributed by atoms with Gasteiger partial charge in [0.2, 0.25) is 11.8 Å². The maximum absolute atomic E-state index is 5.89. The molecular formula is C23H14N4OPt. The number of hydrogen-bond donors (Lipinski definition) is 0. The van der Waals surface area contributed by atoms with Crippen molar-refractivity contribution in [3.63, 3.8) is 0 Å². The number of fused-ring (bicyclic) bond motifs is 1. The summed E-state index contributed by atoms with van der Waals surface area (Å²) in [6.45, 7) is 0. The standard InChI is InChI=1S/C23H14N4O.Pt/c1-2-8-16(9-3-1)17-12-6-14-21(24-17)28-22-15-7-13-20(25-22)23-26-18-10-4-5-11-19(18)27-23;/h1-8,10-15H;/q-2;+2. The predicted molar refractivity (Wildman–Crippen MR) is 107 cm³/mol. The van der Waals surface area contributed by atoms with Crippen LogP contribution in [0.4, 0.5) is 0 Å². The fourth-order valence-corrected chi connectivity index (χ4v) is 2.90. The third-order valence-corrected chi connectivity index (χ3v) is 4.20. The van der Waals surface area contributed by atoms with Gasteiger partial charge in [-0.15, -0.1) is 35.9 Å². The molecule has 3 aromatic heterocycles. The van der Waals surface area contributed by atoms with Crippen molar-refractivity contribution < 1.29 is 25.8 Å². The van der Waals surface area contributed by atoms with Gasteiger partial charge in [-0.1, -0.05) is 42.5 Å². The molecule has 0 spiro atoms. The van der Waals surface area contributed by atoms with E-state index < -0.39 is 0 Å². The first-order valence-corrected chi connectivity index (χ1v) is 8.84. The summed E-state index contributed by atoms with van der Waals surface area (Å²) in [5, 5.41) is 0. The second kappa shape index (κ2) is 8.37. The maximum atomic E-state index is 5.89. The van der Waals surface area contributed by atoms with E-state index in [1.165, 1.54) is 0 Å². The minimum atomic E-state index is 0. The van der Waals surface area contributed by atoms with Crippen LogP contribution in [0.25, 0.3) is 33.8 Å². The van der Waals surface area contributed by atoms with Crippen LogP contribution in [0.3, 0.4) is 0 Å². The Balaban J connectivity index is 0.00000205. The first-order valence-electron chi connectivity index (χ1n) is 8.84. The van der Waals surface area contributed by atoms with Gasteiger partial charge in [0.25, 0.3) is 0 Å². The zero-order valence-electron chi connectivity index (χ0n) is 15.1. The number of benzene rings is 2. The summed E-state index contributed by atoms with van der Waals surface area (Å²) in [5.74, 6) is 1.48. The van der Waals surface area contributed by atoms with E-state index in [1.54, 1.807) is 12.1 Å². The summed E-state index contributed by atoms with van der Waals surface area (Å²) in [5.41, 5.74) is 4.05. The topological polar surface area (TPSA) is 62.0 Å². The number of hydrogen-bond acceptors (Lipinski definition) is 4. The Kier molecular flexibility index (Phi) is 5.50. The molecule has 0 amide bonds. The van der Waals surface area contributed by atoms with Gasteiger partial charge >= 0.3 is 21.1 Å². The van der Waals surface area contributed by atoms with Gasteiger partial charge in [-0.2, -0.15) is 0 Å². The van der Waals surface area contributed by atoms with E-state index in [4.69, 9.17) is 4.74 Å². The summed E-state index contributed by atoms with van der Waals surface area (Å²) in [6, 6.07) is 29.8. The largest absolute Gasteiger partial charge is 2.00 e. The van der Waals surface area contributed by atoms with E-state index in [1.807, 2.05) is 72.8 Å². The molecule has 0 saturated carbocycles. The van der Waals surface area contributed by atoms with Gasteiger partial charge in [-0.25, -0.2) is 4.98 Å². The zero-order valence-corrected chi connectivity index (χ0v) is 17.4. The van der Waals surface area contributed by atoms with Crippen LogP contribution in [0.5, 0.6) is 11.8 Å². The molecule has 0 atom stereocenters. The van der Waals surface area contributed by atoms with Crippen LogP contribution >= 0.6 is 0 Å². The van der Waals surface area contributed by atoms with Crippen LogP contribution < -0.4 is 9.72 Å². The minimum absolute atomic E-state index is 0. The van der Waals surface area contributed by atoms with Crippen LogP contribution in [-0.4, -0.2) is 15.0 Å². The molecule has 6 heteroatoms. The molecule has 0 aliphatic rings. The molecule has 0 unspecified atom stereocenters. The van der Waals surface area contributed by atoms with Crippen molar-refractivity contribution in [2.45, 2.75) is 0 Å². The second-order valence-electron chi connectivity index (χ2n) is 6.14. The summed E-state index contributed by atoms with van der Waals surface area (Å²) in [6.07, 6.45) is 0. The van der Waals surface area contributed by atoms with Crippen LogP contribution in [0, 0.1) is 6.07 Å². The maximum Gasteiger partial charge on any atom is 2.00 e. The Morgan fingerprint density at radius 1 is 0.690 bits per heavy atom. The van der Waals surface area contributed by atoms with E-state index in [9.17, 15) is 0 Å². The van der Waals surface area contributed by atoms with Crippen LogP contribution in [0.2, 0.25) is 0 Å². The molecule has 0 radical (unpaired) electrons. The molecule has 0 fully saturated rings. The smallest absolute Gasteiger partial charge is 0.434 e. The molecule has 5 nitrogen and oxygen atoms in total. The van der Waals surface area contributed by atoms with Crippen molar-refractivity contribution in [1.29, 1.82) is 0 Å².